The van der Waals surface area contributed by atoms with Crippen molar-refractivity contribution in [3.63, 3.8) is 0 Å². The van der Waals surface area contributed by atoms with Crippen LogP contribution in [0.2, 0.25) is 0 Å². The summed E-state index contributed by atoms with van der Waals surface area (Å²) in [6.45, 7) is 0. The summed E-state index contributed by atoms with van der Waals surface area (Å²) in [5, 5.41) is 11.8. The van der Waals surface area contributed by atoms with Crippen LogP contribution < -0.4 is 0 Å². The highest BCUT2D eigenvalue weighted by molar-refractivity contribution is 7.09. The second kappa shape index (κ2) is 6.31. The van der Waals surface area contributed by atoms with Crippen LogP contribution in [0, 0.1) is 11.3 Å². The normalized spacial score (nSPS) is 19.1. The fraction of sp³-hybridized carbons (Fsp3) is 0.714. The average molecular weight is 264 g/mol. The number of ether oxygens (including phenoxy) is 1. The third kappa shape index (κ3) is 2.90. The molecule has 0 N–H and O–H groups in total. The molecule has 0 radical (unpaired) electrons. The van der Waals surface area contributed by atoms with Crippen LogP contribution in [-0.2, 0) is 16.8 Å². The Balaban J connectivity index is 2.15. The van der Waals surface area contributed by atoms with Gasteiger partial charge in [-0.05, 0) is 12.8 Å². The van der Waals surface area contributed by atoms with Crippen LogP contribution in [0.3, 0.4) is 0 Å². The zero-order valence-corrected chi connectivity index (χ0v) is 11.8. The summed E-state index contributed by atoms with van der Waals surface area (Å²) in [5.41, 5.74) is 0.878. The van der Waals surface area contributed by atoms with Crippen molar-refractivity contribution in [1.82, 2.24) is 4.98 Å². The lowest BCUT2D eigenvalue weighted by molar-refractivity contribution is -0.0280. The molecule has 0 aromatic carbocycles. The number of thiazole rings is 1. The Kier molecular flexibility index (Phi) is 4.73. The molecule has 0 spiro atoms. The van der Waals surface area contributed by atoms with Gasteiger partial charge >= 0.3 is 0 Å². The molecular formula is C14H20N2OS. The van der Waals surface area contributed by atoms with E-state index < -0.39 is 0 Å². The van der Waals surface area contributed by atoms with Gasteiger partial charge in [0.2, 0.25) is 0 Å². The summed E-state index contributed by atoms with van der Waals surface area (Å²) in [5.74, 6) is 0. The minimum Gasteiger partial charge on any atom is -0.371 e. The van der Waals surface area contributed by atoms with Crippen molar-refractivity contribution < 1.29 is 4.74 Å². The minimum absolute atomic E-state index is 0.161. The number of hydrogen-bond acceptors (Lipinski definition) is 4. The van der Waals surface area contributed by atoms with Gasteiger partial charge in [0.1, 0.15) is 10.6 Å². The van der Waals surface area contributed by atoms with Crippen molar-refractivity contribution in [2.75, 3.05) is 7.11 Å². The van der Waals surface area contributed by atoms with Gasteiger partial charge in [-0.25, -0.2) is 4.98 Å². The van der Waals surface area contributed by atoms with Gasteiger partial charge in [0, 0.05) is 25.3 Å². The van der Waals surface area contributed by atoms with E-state index in [2.05, 4.69) is 11.4 Å². The van der Waals surface area contributed by atoms with Crippen molar-refractivity contribution in [2.45, 2.75) is 57.0 Å². The maximum absolute atomic E-state index is 8.62. The lowest BCUT2D eigenvalue weighted by Gasteiger charge is -2.29. The molecular weight excluding hydrogens is 244 g/mol. The SMILES string of the molecule is COC1(c2nc(CCC#N)cs2)CCCCCC1. The topological polar surface area (TPSA) is 45.9 Å². The highest BCUT2D eigenvalue weighted by Gasteiger charge is 2.35. The van der Waals surface area contributed by atoms with Gasteiger partial charge in [-0.15, -0.1) is 11.3 Å². The smallest absolute Gasteiger partial charge is 0.125 e. The molecule has 1 saturated carbocycles. The van der Waals surface area contributed by atoms with Gasteiger partial charge < -0.3 is 4.74 Å². The predicted octanol–water partition coefficient (Wildman–Crippen LogP) is 3.80. The molecule has 0 atom stereocenters. The molecule has 18 heavy (non-hydrogen) atoms. The monoisotopic (exact) mass is 264 g/mol. The first-order chi connectivity index (χ1) is 8.80. The molecule has 98 valence electrons. The first-order valence-electron chi connectivity index (χ1n) is 6.68. The van der Waals surface area contributed by atoms with Crippen LogP contribution in [-0.4, -0.2) is 12.1 Å². The molecule has 0 saturated heterocycles. The van der Waals surface area contributed by atoms with Gasteiger partial charge in [-0.2, -0.15) is 5.26 Å². The number of nitriles is 1. The predicted molar refractivity (Wildman–Crippen MR) is 72.4 cm³/mol. The van der Waals surface area contributed by atoms with E-state index in [-0.39, 0.29) is 5.60 Å². The molecule has 3 nitrogen and oxygen atoms in total. The fourth-order valence-electron chi connectivity index (χ4n) is 2.62. The van der Waals surface area contributed by atoms with E-state index in [1.165, 1.54) is 25.7 Å². The van der Waals surface area contributed by atoms with E-state index in [1.54, 1.807) is 11.3 Å². The van der Waals surface area contributed by atoms with E-state index in [1.807, 2.05) is 7.11 Å². The van der Waals surface area contributed by atoms with Gasteiger partial charge in [-0.3, -0.25) is 0 Å². The second-order valence-electron chi connectivity index (χ2n) is 4.91. The molecule has 4 heteroatoms. The van der Waals surface area contributed by atoms with Crippen molar-refractivity contribution in [3.8, 4) is 6.07 Å². The van der Waals surface area contributed by atoms with Crippen LogP contribution >= 0.6 is 11.3 Å². The number of methoxy groups -OCH3 is 1. The molecule has 0 amide bonds. The summed E-state index contributed by atoms with van der Waals surface area (Å²) in [7, 11) is 1.81. The fourth-order valence-corrected chi connectivity index (χ4v) is 3.71. The summed E-state index contributed by atoms with van der Waals surface area (Å²) >= 11 is 1.69. The Labute approximate surface area is 113 Å². The third-order valence-corrected chi connectivity index (χ3v) is 4.81. The lowest BCUT2D eigenvalue weighted by atomic mass is 9.95. The molecule has 0 aliphatic heterocycles. The first kappa shape index (κ1) is 13.5. The Morgan fingerprint density at radius 3 is 2.72 bits per heavy atom. The molecule has 1 aliphatic rings. The average Bonchev–Trinajstić information content (AvgIpc) is 2.74. The highest BCUT2D eigenvalue weighted by Crippen LogP contribution is 2.40. The molecule has 0 unspecified atom stereocenters. The molecule has 1 aromatic rings. The summed E-state index contributed by atoms with van der Waals surface area (Å²) < 4.78 is 5.85. The van der Waals surface area contributed by atoms with Crippen LogP contribution in [0.5, 0.6) is 0 Å². The number of rotatable bonds is 4. The van der Waals surface area contributed by atoms with E-state index in [9.17, 15) is 0 Å². The molecule has 1 heterocycles. The highest BCUT2D eigenvalue weighted by atomic mass is 32.1. The van der Waals surface area contributed by atoms with Gasteiger partial charge in [0.15, 0.2) is 0 Å². The quantitative estimate of drug-likeness (QED) is 0.777. The van der Waals surface area contributed by atoms with Gasteiger partial charge in [0.25, 0.3) is 0 Å². The molecule has 1 aliphatic carbocycles. The van der Waals surface area contributed by atoms with Crippen molar-refractivity contribution in [2.24, 2.45) is 0 Å². The van der Waals surface area contributed by atoms with Gasteiger partial charge in [0.05, 0.1) is 11.8 Å². The van der Waals surface area contributed by atoms with Crippen LogP contribution in [0.15, 0.2) is 5.38 Å². The Hall–Kier alpha value is -0.920. The third-order valence-electron chi connectivity index (χ3n) is 3.74. The van der Waals surface area contributed by atoms with Crippen LogP contribution in [0.4, 0.5) is 0 Å². The first-order valence-corrected chi connectivity index (χ1v) is 7.56. The lowest BCUT2D eigenvalue weighted by Crippen LogP contribution is -2.27. The summed E-state index contributed by atoms with van der Waals surface area (Å²) in [6.07, 6.45) is 8.51. The minimum atomic E-state index is -0.161. The van der Waals surface area contributed by atoms with Crippen LogP contribution in [0.1, 0.15) is 55.6 Å². The Bertz CT molecular complexity index is 414. The van der Waals surface area contributed by atoms with Crippen LogP contribution in [0.25, 0.3) is 0 Å². The number of aromatic nitrogens is 1. The zero-order valence-electron chi connectivity index (χ0n) is 10.9. The molecule has 2 rings (SSSR count). The van der Waals surface area contributed by atoms with E-state index in [0.717, 1.165) is 30.0 Å². The molecule has 0 bridgehead atoms. The van der Waals surface area contributed by atoms with Crippen molar-refractivity contribution in [1.29, 1.82) is 5.26 Å². The maximum Gasteiger partial charge on any atom is 0.125 e. The zero-order chi connectivity index (χ0) is 12.8. The summed E-state index contributed by atoms with van der Waals surface area (Å²) in [6, 6.07) is 2.17. The van der Waals surface area contributed by atoms with E-state index in [4.69, 9.17) is 15.0 Å². The molecule has 1 fully saturated rings. The standard InChI is InChI=1S/C14H20N2OS/c1-17-14(8-4-2-3-5-9-14)13-16-12(11-18-13)7-6-10-15/h11H,2-9H2,1H3. The Morgan fingerprint density at radius 1 is 1.39 bits per heavy atom. The Morgan fingerprint density at radius 2 is 2.11 bits per heavy atom. The summed E-state index contributed by atoms with van der Waals surface area (Å²) in [4.78, 5) is 4.70. The van der Waals surface area contributed by atoms with E-state index >= 15 is 0 Å². The second-order valence-corrected chi connectivity index (χ2v) is 5.77. The number of hydrogen-bond donors (Lipinski definition) is 0. The van der Waals surface area contributed by atoms with Crippen molar-refractivity contribution >= 4 is 11.3 Å². The number of nitrogens with zero attached hydrogens (tertiary/aromatic N) is 2. The van der Waals surface area contributed by atoms with Crippen molar-refractivity contribution in [3.05, 3.63) is 16.1 Å². The largest absolute Gasteiger partial charge is 0.371 e. The number of aryl methyl sites for hydroxylation is 1. The van der Waals surface area contributed by atoms with Gasteiger partial charge in [-0.1, -0.05) is 25.7 Å². The molecule has 1 aromatic heterocycles. The maximum atomic E-state index is 8.62. The van der Waals surface area contributed by atoms with E-state index in [0.29, 0.717) is 6.42 Å².